The van der Waals surface area contributed by atoms with E-state index in [-0.39, 0.29) is 16.3 Å². The van der Waals surface area contributed by atoms with E-state index in [1.165, 1.54) is 28.6 Å². The van der Waals surface area contributed by atoms with Crippen molar-refractivity contribution in [3.05, 3.63) is 78.9 Å². The van der Waals surface area contributed by atoms with Crippen LogP contribution in [0, 0.1) is 0 Å². The van der Waals surface area contributed by atoms with Gasteiger partial charge in [-0.2, -0.15) is 4.31 Å². The molecule has 0 bridgehead atoms. The first-order valence-electron chi connectivity index (χ1n) is 11.3. The summed E-state index contributed by atoms with van der Waals surface area (Å²) >= 11 is 0. The lowest BCUT2D eigenvalue weighted by Gasteiger charge is -2.24. The van der Waals surface area contributed by atoms with Gasteiger partial charge < -0.3 is 10.1 Å². The zero-order chi connectivity index (χ0) is 25.8. The summed E-state index contributed by atoms with van der Waals surface area (Å²) in [6.45, 7) is 0.497. The van der Waals surface area contributed by atoms with Crippen LogP contribution in [0.4, 0.5) is 11.4 Å². The number of carbonyl (C=O) groups is 1. The zero-order valence-electron chi connectivity index (χ0n) is 19.7. The van der Waals surface area contributed by atoms with Crippen molar-refractivity contribution in [2.75, 3.05) is 35.5 Å². The summed E-state index contributed by atoms with van der Waals surface area (Å²) in [6, 6.07) is 21.3. The predicted molar refractivity (Wildman–Crippen MR) is 138 cm³/mol. The largest absolute Gasteiger partial charge is 0.455 e. The molecular weight excluding hydrogens is 502 g/mol. The summed E-state index contributed by atoms with van der Waals surface area (Å²) in [6.07, 6.45) is 2.69. The third-order valence-corrected chi connectivity index (χ3v) is 8.67. The molecular formula is C25H27N3O6S2. The van der Waals surface area contributed by atoms with E-state index >= 15 is 0 Å². The van der Waals surface area contributed by atoms with Crippen LogP contribution in [-0.2, 0) is 24.8 Å². The Labute approximate surface area is 211 Å². The Bertz CT molecular complexity index is 1420. The van der Waals surface area contributed by atoms with Crippen molar-refractivity contribution < 1.29 is 26.4 Å². The molecule has 1 N–H and O–H groups in total. The molecule has 1 aliphatic heterocycles. The van der Waals surface area contributed by atoms with Gasteiger partial charge in [-0.1, -0.05) is 30.3 Å². The third kappa shape index (κ3) is 6.04. The van der Waals surface area contributed by atoms with Crippen molar-refractivity contribution in [1.29, 1.82) is 0 Å². The number of sulfonamides is 2. The lowest BCUT2D eigenvalue weighted by molar-refractivity contribution is -0.114. The zero-order valence-corrected chi connectivity index (χ0v) is 21.3. The number of ether oxygens (including phenoxy) is 1. The van der Waals surface area contributed by atoms with E-state index in [0.717, 1.165) is 23.4 Å². The molecule has 9 nitrogen and oxygen atoms in total. The molecule has 0 aromatic heterocycles. The molecule has 11 heteroatoms. The molecule has 1 aliphatic rings. The molecule has 1 fully saturated rings. The monoisotopic (exact) mass is 529 g/mol. The molecule has 1 saturated heterocycles. The van der Waals surface area contributed by atoms with Gasteiger partial charge in [0.2, 0.25) is 26.0 Å². The number of amides is 1. The van der Waals surface area contributed by atoms with Crippen LogP contribution < -0.4 is 14.4 Å². The summed E-state index contributed by atoms with van der Waals surface area (Å²) in [5.41, 5.74) is 0.564. The van der Waals surface area contributed by atoms with E-state index in [4.69, 9.17) is 4.74 Å². The van der Waals surface area contributed by atoms with Crippen LogP contribution in [0.15, 0.2) is 83.8 Å². The molecule has 0 saturated carbocycles. The standard InChI is InChI=1S/C25H27N3O6S2/c1-35(30,31)28(23-11-5-6-12-24(23)34-21-9-3-2-4-10-21)19-25(29)26-20-13-15-22(16-14-20)36(32,33)27-17-7-8-18-27/h2-6,9-16H,7-8,17-19H2,1H3,(H,26,29). The van der Waals surface area contributed by atoms with Gasteiger partial charge in [-0.3, -0.25) is 9.10 Å². The molecule has 0 atom stereocenters. The Hall–Kier alpha value is -3.41. The van der Waals surface area contributed by atoms with E-state index in [2.05, 4.69) is 5.32 Å². The van der Waals surface area contributed by atoms with Gasteiger partial charge >= 0.3 is 0 Å². The summed E-state index contributed by atoms with van der Waals surface area (Å²) in [7, 11) is -7.42. The number of carbonyl (C=O) groups excluding carboxylic acids is 1. The van der Waals surface area contributed by atoms with Gasteiger partial charge in [0, 0.05) is 18.8 Å². The number of nitrogens with one attached hydrogen (secondary N) is 1. The summed E-state index contributed by atoms with van der Waals surface area (Å²) in [4.78, 5) is 13.0. The second-order valence-electron chi connectivity index (χ2n) is 8.34. The van der Waals surface area contributed by atoms with Gasteiger partial charge in [-0.15, -0.1) is 0 Å². The highest BCUT2D eigenvalue weighted by Crippen LogP contribution is 2.33. The van der Waals surface area contributed by atoms with Crippen LogP contribution in [0.2, 0.25) is 0 Å². The van der Waals surface area contributed by atoms with Gasteiger partial charge in [-0.05, 0) is 61.4 Å². The maximum absolute atomic E-state index is 12.8. The van der Waals surface area contributed by atoms with E-state index in [9.17, 15) is 21.6 Å². The fourth-order valence-corrected chi connectivity index (χ4v) is 6.24. The van der Waals surface area contributed by atoms with Crippen LogP contribution in [0.25, 0.3) is 0 Å². The van der Waals surface area contributed by atoms with Crippen LogP contribution in [0.1, 0.15) is 12.8 Å². The number of hydrogen-bond acceptors (Lipinski definition) is 6. The third-order valence-electron chi connectivity index (χ3n) is 5.63. The van der Waals surface area contributed by atoms with E-state index in [0.29, 0.717) is 24.5 Å². The van der Waals surface area contributed by atoms with E-state index < -0.39 is 32.5 Å². The maximum atomic E-state index is 12.8. The predicted octanol–water partition coefficient (Wildman–Crippen LogP) is 3.67. The van der Waals surface area contributed by atoms with Crippen molar-refractivity contribution >= 4 is 37.3 Å². The second-order valence-corrected chi connectivity index (χ2v) is 12.2. The fraction of sp³-hybridized carbons (Fsp3) is 0.240. The SMILES string of the molecule is CS(=O)(=O)N(CC(=O)Nc1ccc(S(=O)(=O)N2CCCC2)cc1)c1ccccc1Oc1ccccc1. The maximum Gasteiger partial charge on any atom is 0.245 e. The Morgan fingerprint density at radius 2 is 1.50 bits per heavy atom. The van der Waals surface area contributed by atoms with Crippen molar-refractivity contribution in [1.82, 2.24) is 4.31 Å². The lowest BCUT2D eigenvalue weighted by atomic mass is 10.2. The average molecular weight is 530 g/mol. The van der Waals surface area contributed by atoms with Gasteiger partial charge in [0.15, 0.2) is 5.75 Å². The number of para-hydroxylation sites is 3. The molecule has 1 amide bonds. The first kappa shape index (κ1) is 25.7. The average Bonchev–Trinajstić information content (AvgIpc) is 3.40. The molecule has 3 aromatic carbocycles. The minimum atomic E-state index is -3.85. The Balaban J connectivity index is 1.50. The number of anilines is 2. The lowest BCUT2D eigenvalue weighted by Crippen LogP contribution is -2.37. The van der Waals surface area contributed by atoms with Gasteiger partial charge in [0.25, 0.3) is 0 Å². The molecule has 0 unspecified atom stereocenters. The molecule has 190 valence electrons. The van der Waals surface area contributed by atoms with Crippen molar-refractivity contribution in [2.45, 2.75) is 17.7 Å². The second kappa shape index (κ2) is 10.7. The van der Waals surface area contributed by atoms with Crippen LogP contribution in [0.5, 0.6) is 11.5 Å². The van der Waals surface area contributed by atoms with E-state index in [1.807, 2.05) is 6.07 Å². The van der Waals surface area contributed by atoms with Gasteiger partial charge in [0.05, 0.1) is 16.8 Å². The number of hydrogen-bond donors (Lipinski definition) is 1. The van der Waals surface area contributed by atoms with Crippen LogP contribution in [0.3, 0.4) is 0 Å². The number of nitrogens with zero attached hydrogens (tertiary/aromatic N) is 2. The molecule has 3 aromatic rings. The molecule has 0 spiro atoms. The molecule has 36 heavy (non-hydrogen) atoms. The van der Waals surface area contributed by atoms with E-state index in [1.54, 1.807) is 48.5 Å². The highest BCUT2D eigenvalue weighted by Gasteiger charge is 2.27. The topological polar surface area (TPSA) is 113 Å². The number of benzene rings is 3. The highest BCUT2D eigenvalue weighted by atomic mass is 32.2. The Kier molecular flexibility index (Phi) is 7.62. The molecule has 4 rings (SSSR count). The summed E-state index contributed by atoms with van der Waals surface area (Å²) < 4.78 is 58.9. The minimum Gasteiger partial charge on any atom is -0.455 e. The van der Waals surface area contributed by atoms with Crippen molar-refractivity contribution in [3.63, 3.8) is 0 Å². The Morgan fingerprint density at radius 3 is 2.14 bits per heavy atom. The summed E-state index contributed by atoms with van der Waals surface area (Å²) in [5, 5.41) is 2.64. The Morgan fingerprint density at radius 1 is 0.889 bits per heavy atom. The van der Waals surface area contributed by atoms with Gasteiger partial charge in [-0.25, -0.2) is 16.8 Å². The summed E-state index contributed by atoms with van der Waals surface area (Å²) in [5.74, 6) is 0.204. The quantitative estimate of drug-likeness (QED) is 0.453. The minimum absolute atomic E-state index is 0.146. The van der Waals surface area contributed by atoms with Gasteiger partial charge in [0.1, 0.15) is 12.3 Å². The fourth-order valence-electron chi connectivity index (χ4n) is 3.86. The number of rotatable bonds is 9. The molecule has 0 radical (unpaired) electrons. The smallest absolute Gasteiger partial charge is 0.245 e. The van der Waals surface area contributed by atoms with Crippen LogP contribution in [-0.4, -0.2) is 52.9 Å². The first-order chi connectivity index (χ1) is 17.1. The van der Waals surface area contributed by atoms with Crippen molar-refractivity contribution in [2.24, 2.45) is 0 Å². The van der Waals surface area contributed by atoms with Crippen LogP contribution >= 0.6 is 0 Å². The first-order valence-corrected chi connectivity index (χ1v) is 14.6. The normalized spacial score (nSPS) is 14.4. The van der Waals surface area contributed by atoms with Crippen molar-refractivity contribution in [3.8, 4) is 11.5 Å². The molecule has 0 aliphatic carbocycles. The molecule has 1 heterocycles. The highest BCUT2D eigenvalue weighted by molar-refractivity contribution is 7.92.